The number of carbonyl (C=O) groups excluding carboxylic acids is 2. The minimum atomic E-state index is -1.03. The number of likely N-dealkylation sites (tertiary alicyclic amines) is 1. The van der Waals surface area contributed by atoms with Gasteiger partial charge in [-0.25, -0.2) is 0 Å². The highest BCUT2D eigenvalue weighted by molar-refractivity contribution is 5.87. The Morgan fingerprint density at radius 1 is 1.33 bits per heavy atom. The molecule has 2 atom stereocenters. The molecule has 30 heavy (non-hydrogen) atoms. The van der Waals surface area contributed by atoms with Gasteiger partial charge in [0.15, 0.2) is 0 Å². The second kappa shape index (κ2) is 10.8. The molecule has 0 aromatic carbocycles. The molecule has 2 N–H and O–H groups in total. The number of rotatable bonds is 8. The first-order valence-electron chi connectivity index (χ1n) is 10.4. The van der Waals surface area contributed by atoms with Gasteiger partial charge in [-0.1, -0.05) is 11.8 Å². The van der Waals surface area contributed by atoms with Gasteiger partial charge in [-0.3, -0.25) is 19.4 Å². The molecular weight excluding hydrogens is 382 g/mol. The summed E-state index contributed by atoms with van der Waals surface area (Å²) in [5, 5.41) is 11.8. The topological polar surface area (TPSA) is 99.6 Å². The van der Waals surface area contributed by atoms with Crippen molar-refractivity contribution in [2.24, 2.45) is 11.3 Å². The van der Waals surface area contributed by atoms with E-state index in [1.165, 1.54) is 0 Å². The van der Waals surface area contributed by atoms with Crippen molar-refractivity contribution in [3.63, 3.8) is 0 Å². The molecule has 1 fully saturated rings. The SMILES string of the molecule is CC(C)(C)C#C[C@@H](CC(=O)O)NC(=O)CN1CCC[C@@H](CCc2ccncc2)C1=O. The Morgan fingerprint density at radius 2 is 2.03 bits per heavy atom. The molecule has 1 aromatic heterocycles. The maximum Gasteiger partial charge on any atom is 0.306 e. The van der Waals surface area contributed by atoms with Crippen molar-refractivity contribution in [1.29, 1.82) is 0 Å². The summed E-state index contributed by atoms with van der Waals surface area (Å²) in [5.41, 5.74) is 0.841. The molecule has 1 saturated heterocycles. The summed E-state index contributed by atoms with van der Waals surface area (Å²) in [6.45, 7) is 6.21. The predicted octanol–water partition coefficient (Wildman–Crippen LogP) is 2.26. The van der Waals surface area contributed by atoms with Crippen LogP contribution in [0.5, 0.6) is 0 Å². The first-order chi connectivity index (χ1) is 14.1. The summed E-state index contributed by atoms with van der Waals surface area (Å²) in [6.07, 6.45) is 6.40. The number of hydrogen-bond acceptors (Lipinski definition) is 4. The first kappa shape index (κ1) is 23.4. The van der Waals surface area contributed by atoms with Gasteiger partial charge in [-0.2, -0.15) is 0 Å². The van der Waals surface area contributed by atoms with Crippen molar-refractivity contribution in [3.05, 3.63) is 30.1 Å². The minimum absolute atomic E-state index is 0.0129. The van der Waals surface area contributed by atoms with E-state index in [0.717, 1.165) is 31.2 Å². The van der Waals surface area contributed by atoms with Crippen LogP contribution in [0.3, 0.4) is 0 Å². The van der Waals surface area contributed by atoms with Crippen LogP contribution >= 0.6 is 0 Å². The van der Waals surface area contributed by atoms with E-state index in [-0.39, 0.29) is 36.1 Å². The van der Waals surface area contributed by atoms with Crippen LogP contribution in [-0.4, -0.2) is 51.9 Å². The second-order valence-corrected chi connectivity index (χ2v) is 8.73. The molecule has 0 spiro atoms. The third-order valence-electron chi connectivity index (χ3n) is 4.84. The van der Waals surface area contributed by atoms with Crippen LogP contribution in [0, 0.1) is 23.2 Å². The van der Waals surface area contributed by atoms with E-state index >= 15 is 0 Å². The lowest BCUT2D eigenvalue weighted by molar-refractivity contribution is -0.142. The monoisotopic (exact) mass is 413 g/mol. The van der Waals surface area contributed by atoms with Gasteiger partial charge in [0, 0.05) is 30.3 Å². The van der Waals surface area contributed by atoms with E-state index < -0.39 is 12.0 Å². The van der Waals surface area contributed by atoms with Crippen LogP contribution in [0.2, 0.25) is 0 Å². The minimum Gasteiger partial charge on any atom is -0.481 e. The highest BCUT2D eigenvalue weighted by atomic mass is 16.4. The molecule has 0 unspecified atom stereocenters. The number of carboxylic acids is 1. The molecular formula is C23H31N3O4. The van der Waals surface area contributed by atoms with Crippen molar-refractivity contribution in [2.45, 2.75) is 58.9 Å². The highest BCUT2D eigenvalue weighted by Gasteiger charge is 2.30. The summed E-state index contributed by atoms with van der Waals surface area (Å²) in [4.78, 5) is 42.0. The Labute approximate surface area is 178 Å². The fourth-order valence-corrected chi connectivity index (χ4v) is 3.37. The zero-order valence-electron chi connectivity index (χ0n) is 18.0. The number of carbonyl (C=O) groups is 3. The van der Waals surface area contributed by atoms with E-state index in [4.69, 9.17) is 5.11 Å². The van der Waals surface area contributed by atoms with E-state index in [1.54, 1.807) is 17.3 Å². The maximum absolute atomic E-state index is 12.8. The van der Waals surface area contributed by atoms with Crippen LogP contribution in [0.25, 0.3) is 0 Å². The van der Waals surface area contributed by atoms with Crippen LogP contribution in [-0.2, 0) is 20.8 Å². The van der Waals surface area contributed by atoms with Gasteiger partial charge in [0.1, 0.15) is 6.04 Å². The first-order valence-corrected chi connectivity index (χ1v) is 10.4. The molecule has 1 aliphatic rings. The van der Waals surface area contributed by atoms with Gasteiger partial charge in [0.25, 0.3) is 0 Å². The lowest BCUT2D eigenvalue weighted by atomic mass is 9.91. The average molecular weight is 414 g/mol. The number of nitrogens with one attached hydrogen (secondary N) is 1. The zero-order valence-corrected chi connectivity index (χ0v) is 18.0. The molecule has 0 radical (unpaired) electrons. The molecule has 2 heterocycles. The van der Waals surface area contributed by atoms with Gasteiger partial charge in [-0.15, -0.1) is 0 Å². The van der Waals surface area contributed by atoms with E-state index in [2.05, 4.69) is 22.1 Å². The van der Waals surface area contributed by atoms with Gasteiger partial charge >= 0.3 is 5.97 Å². The van der Waals surface area contributed by atoms with Gasteiger partial charge in [0.05, 0.1) is 13.0 Å². The van der Waals surface area contributed by atoms with E-state index in [9.17, 15) is 14.4 Å². The third kappa shape index (κ3) is 8.24. The van der Waals surface area contributed by atoms with Gasteiger partial charge in [0.2, 0.25) is 11.8 Å². The summed E-state index contributed by atoms with van der Waals surface area (Å²) in [6, 6.07) is 3.11. The Bertz CT molecular complexity index is 805. The van der Waals surface area contributed by atoms with Crippen molar-refractivity contribution >= 4 is 17.8 Å². The Kier molecular flexibility index (Phi) is 8.40. The number of piperidine rings is 1. The fourth-order valence-electron chi connectivity index (χ4n) is 3.37. The molecule has 1 aliphatic heterocycles. The number of amides is 2. The fraction of sp³-hybridized carbons (Fsp3) is 0.565. The molecule has 2 rings (SSSR count). The normalized spacial score (nSPS) is 17.6. The average Bonchev–Trinajstić information content (AvgIpc) is 2.66. The van der Waals surface area contributed by atoms with Crippen LogP contribution in [0.1, 0.15) is 52.0 Å². The van der Waals surface area contributed by atoms with Crippen molar-refractivity contribution in [3.8, 4) is 11.8 Å². The number of pyridine rings is 1. The number of aromatic nitrogens is 1. The highest BCUT2D eigenvalue weighted by Crippen LogP contribution is 2.22. The lowest BCUT2D eigenvalue weighted by Gasteiger charge is -2.32. The van der Waals surface area contributed by atoms with Crippen molar-refractivity contribution in [2.75, 3.05) is 13.1 Å². The number of carboxylic acid groups (broad SMARTS) is 1. The maximum atomic E-state index is 12.8. The molecule has 0 saturated carbocycles. The van der Waals surface area contributed by atoms with Crippen LogP contribution < -0.4 is 5.32 Å². The van der Waals surface area contributed by atoms with Crippen molar-refractivity contribution < 1.29 is 19.5 Å². The number of nitrogens with zero attached hydrogens (tertiary/aromatic N) is 2. The van der Waals surface area contributed by atoms with Crippen LogP contribution in [0.15, 0.2) is 24.5 Å². The number of hydrogen-bond donors (Lipinski definition) is 2. The summed E-state index contributed by atoms with van der Waals surface area (Å²) in [5.74, 6) is 4.29. The standard InChI is InChI=1S/C23H31N3O4/c1-23(2,3)11-8-19(15-21(28)29)25-20(27)16-26-14-4-5-18(22(26)30)7-6-17-9-12-24-13-10-17/h9-10,12-13,18-19H,4-7,14-16H2,1-3H3,(H,25,27)(H,28,29)/t18-,19-/m0/s1. The second-order valence-electron chi connectivity index (χ2n) is 8.73. The summed E-state index contributed by atoms with van der Waals surface area (Å²) >= 11 is 0. The van der Waals surface area contributed by atoms with Gasteiger partial charge in [-0.05, 0) is 64.2 Å². The molecule has 0 bridgehead atoms. The molecule has 162 valence electrons. The molecule has 7 heteroatoms. The molecule has 0 aliphatic carbocycles. The summed E-state index contributed by atoms with van der Waals surface area (Å²) in [7, 11) is 0. The smallest absolute Gasteiger partial charge is 0.306 e. The Hall–Kier alpha value is -2.88. The predicted molar refractivity (Wildman–Crippen MR) is 113 cm³/mol. The largest absolute Gasteiger partial charge is 0.481 e. The molecule has 2 amide bonds. The quantitative estimate of drug-likeness (QED) is 0.637. The Balaban J connectivity index is 1.92. The van der Waals surface area contributed by atoms with E-state index in [0.29, 0.717) is 6.54 Å². The number of aryl methyl sites for hydroxylation is 1. The third-order valence-corrected chi connectivity index (χ3v) is 4.84. The van der Waals surface area contributed by atoms with Crippen molar-refractivity contribution in [1.82, 2.24) is 15.2 Å². The zero-order chi connectivity index (χ0) is 22.1. The van der Waals surface area contributed by atoms with E-state index in [1.807, 2.05) is 32.9 Å². The Morgan fingerprint density at radius 3 is 2.67 bits per heavy atom. The lowest BCUT2D eigenvalue weighted by Crippen LogP contribution is -2.48. The summed E-state index contributed by atoms with van der Waals surface area (Å²) < 4.78 is 0. The van der Waals surface area contributed by atoms with Crippen LogP contribution in [0.4, 0.5) is 0 Å². The number of aliphatic carboxylic acids is 1. The van der Waals surface area contributed by atoms with Gasteiger partial charge < -0.3 is 15.3 Å². The molecule has 1 aromatic rings. The molecule has 7 nitrogen and oxygen atoms in total.